The fourth-order valence-electron chi connectivity index (χ4n) is 1.85. The molecule has 0 aliphatic heterocycles. The first-order valence-corrected chi connectivity index (χ1v) is 6.22. The third-order valence-electron chi connectivity index (χ3n) is 2.73. The molecule has 0 saturated carbocycles. The van der Waals surface area contributed by atoms with Crippen LogP contribution in [0.15, 0.2) is 21.4 Å². The summed E-state index contributed by atoms with van der Waals surface area (Å²) in [6.07, 6.45) is 5.95. The van der Waals surface area contributed by atoms with Crippen LogP contribution in [0.25, 0.3) is 0 Å². The van der Waals surface area contributed by atoms with Crippen molar-refractivity contribution < 1.29 is 15.5 Å². The Morgan fingerprint density at radius 1 is 1.50 bits per heavy atom. The molecule has 0 aromatic rings. The van der Waals surface area contributed by atoms with Crippen LogP contribution >= 0.6 is 0 Å². The quantitative estimate of drug-likeness (QED) is 0.642. The van der Waals surface area contributed by atoms with Gasteiger partial charge in [-0.2, -0.15) is 0 Å². The topological polar surface area (TPSA) is 0 Å². The SMILES string of the molecule is CCC(CC)C1=CC[C]([Ni])=C1[SiH3]. The van der Waals surface area contributed by atoms with Crippen LogP contribution in [0.3, 0.4) is 0 Å². The van der Waals surface area contributed by atoms with Crippen LogP contribution in [0.5, 0.6) is 0 Å². The molecule has 0 fully saturated rings. The molecule has 0 amide bonds. The molecule has 0 nitrogen and oxygen atoms in total. The Morgan fingerprint density at radius 2 is 2.08 bits per heavy atom. The van der Waals surface area contributed by atoms with Gasteiger partial charge in [-0.25, -0.2) is 0 Å². The van der Waals surface area contributed by atoms with Gasteiger partial charge in [0.2, 0.25) is 0 Å². The van der Waals surface area contributed by atoms with Gasteiger partial charge in [-0.05, 0) is 0 Å². The van der Waals surface area contributed by atoms with Gasteiger partial charge in [-0.15, -0.1) is 0 Å². The molecule has 12 heavy (non-hydrogen) atoms. The average Bonchev–Trinajstić information content (AvgIpc) is 2.38. The van der Waals surface area contributed by atoms with E-state index in [4.69, 9.17) is 15.5 Å². The predicted molar refractivity (Wildman–Crippen MR) is 53.7 cm³/mol. The van der Waals surface area contributed by atoms with Crippen molar-refractivity contribution in [3.8, 4) is 0 Å². The molecule has 0 saturated heterocycles. The standard InChI is InChI=1S/C10H17Si.Ni/c1-3-8(4-2)9-6-5-7-10(9)11;/h6,8H,3-5H2,1-2,11H3;. The van der Waals surface area contributed by atoms with E-state index in [-0.39, 0.29) is 0 Å². The fourth-order valence-corrected chi connectivity index (χ4v) is 2.91. The van der Waals surface area contributed by atoms with Crippen LogP contribution in [0.1, 0.15) is 33.1 Å². The zero-order valence-corrected chi connectivity index (χ0v) is 11.1. The van der Waals surface area contributed by atoms with Gasteiger partial charge in [0.15, 0.2) is 0 Å². The van der Waals surface area contributed by atoms with E-state index in [1.165, 1.54) is 22.6 Å². The molecule has 0 spiro atoms. The summed E-state index contributed by atoms with van der Waals surface area (Å²) in [6.45, 7) is 4.54. The number of allylic oxidation sites excluding steroid dienone is 4. The van der Waals surface area contributed by atoms with Crippen LogP contribution in [0, 0.1) is 5.92 Å². The molecule has 0 atom stereocenters. The molecule has 0 aromatic carbocycles. The molecule has 1 aliphatic carbocycles. The van der Waals surface area contributed by atoms with Gasteiger partial charge in [0, 0.05) is 0 Å². The molecule has 2 heteroatoms. The Morgan fingerprint density at radius 3 is 2.42 bits per heavy atom. The summed E-state index contributed by atoms with van der Waals surface area (Å²) in [7, 11) is 1.14. The molecule has 1 rings (SSSR count). The molecule has 0 heterocycles. The predicted octanol–water partition coefficient (Wildman–Crippen LogP) is 1.88. The van der Waals surface area contributed by atoms with Crippen molar-refractivity contribution in [2.45, 2.75) is 33.1 Å². The maximum atomic E-state index is 4.98. The van der Waals surface area contributed by atoms with Gasteiger partial charge in [-0.3, -0.25) is 0 Å². The van der Waals surface area contributed by atoms with E-state index in [0.717, 1.165) is 22.6 Å². The summed E-state index contributed by atoms with van der Waals surface area (Å²) in [6, 6.07) is 0. The van der Waals surface area contributed by atoms with E-state index in [1.54, 1.807) is 5.57 Å². The summed E-state index contributed by atoms with van der Waals surface area (Å²) in [5.74, 6) is 0.783. The average molecular weight is 224 g/mol. The summed E-state index contributed by atoms with van der Waals surface area (Å²) < 4.78 is 1.25. The summed E-state index contributed by atoms with van der Waals surface area (Å²) in [5, 5.41) is 1.53. The summed E-state index contributed by atoms with van der Waals surface area (Å²) >= 11 is 4.98. The van der Waals surface area contributed by atoms with E-state index >= 15 is 0 Å². The Hall–Kier alpha value is 0.190. The van der Waals surface area contributed by atoms with Gasteiger partial charge in [0.05, 0.1) is 0 Å². The molecule has 0 radical (unpaired) electrons. The van der Waals surface area contributed by atoms with Crippen LogP contribution in [0.4, 0.5) is 0 Å². The Balaban J connectivity index is 2.77. The molecule has 0 bridgehead atoms. The normalized spacial score (nSPS) is 17.9. The molecule has 0 aromatic heterocycles. The monoisotopic (exact) mass is 223 g/mol. The van der Waals surface area contributed by atoms with E-state index in [0.29, 0.717) is 0 Å². The van der Waals surface area contributed by atoms with Crippen molar-refractivity contribution >= 4 is 10.2 Å². The summed E-state index contributed by atoms with van der Waals surface area (Å²) in [5.41, 5.74) is 1.59. The number of hydrogen-bond acceptors (Lipinski definition) is 0. The van der Waals surface area contributed by atoms with Crippen LogP contribution in [-0.2, 0) is 15.5 Å². The third kappa shape index (κ3) is 1.92. The van der Waals surface area contributed by atoms with Crippen molar-refractivity contribution in [1.29, 1.82) is 0 Å². The Kier molecular flexibility index (Phi) is 3.79. The fraction of sp³-hybridized carbons (Fsp3) is 0.600. The molecule has 71 valence electrons. The van der Waals surface area contributed by atoms with Crippen molar-refractivity contribution in [2.24, 2.45) is 5.92 Å². The van der Waals surface area contributed by atoms with Crippen LogP contribution in [-0.4, -0.2) is 10.2 Å². The van der Waals surface area contributed by atoms with Gasteiger partial charge >= 0.3 is 86.1 Å². The summed E-state index contributed by atoms with van der Waals surface area (Å²) in [4.78, 5) is 0. The van der Waals surface area contributed by atoms with E-state index in [2.05, 4.69) is 19.9 Å². The number of hydrogen-bond donors (Lipinski definition) is 0. The first kappa shape index (κ1) is 10.3. The van der Waals surface area contributed by atoms with Crippen molar-refractivity contribution in [2.75, 3.05) is 0 Å². The second-order valence-corrected chi connectivity index (χ2v) is 4.97. The van der Waals surface area contributed by atoms with Crippen LogP contribution in [0.2, 0.25) is 0 Å². The van der Waals surface area contributed by atoms with Gasteiger partial charge in [-0.1, -0.05) is 0 Å². The van der Waals surface area contributed by atoms with Crippen LogP contribution < -0.4 is 0 Å². The first-order valence-electron chi connectivity index (χ1n) is 4.73. The van der Waals surface area contributed by atoms with Crippen molar-refractivity contribution in [3.05, 3.63) is 21.4 Å². The third-order valence-corrected chi connectivity index (χ3v) is 4.89. The maximum absolute atomic E-state index is 4.98. The van der Waals surface area contributed by atoms with E-state index in [1.807, 2.05) is 0 Å². The first-order chi connectivity index (χ1) is 5.70. The zero-order valence-electron chi connectivity index (χ0n) is 8.09. The second kappa shape index (κ2) is 4.43. The number of rotatable bonds is 3. The van der Waals surface area contributed by atoms with Gasteiger partial charge < -0.3 is 0 Å². The molecular formula is C10H17NiSi. The minimum atomic E-state index is 0.783. The zero-order chi connectivity index (χ0) is 9.14. The van der Waals surface area contributed by atoms with E-state index in [9.17, 15) is 0 Å². The Bertz CT molecular complexity index is 224. The molecular weight excluding hydrogens is 207 g/mol. The molecule has 1 aliphatic rings. The van der Waals surface area contributed by atoms with Gasteiger partial charge in [0.25, 0.3) is 0 Å². The second-order valence-electron chi connectivity index (χ2n) is 3.37. The van der Waals surface area contributed by atoms with Crippen molar-refractivity contribution in [3.63, 3.8) is 0 Å². The molecule has 0 N–H and O–H groups in total. The minimum absolute atomic E-state index is 0.783. The van der Waals surface area contributed by atoms with E-state index < -0.39 is 0 Å². The molecule has 0 unspecified atom stereocenters. The van der Waals surface area contributed by atoms with Crippen molar-refractivity contribution in [1.82, 2.24) is 0 Å². The Labute approximate surface area is 86.3 Å². The van der Waals surface area contributed by atoms with Gasteiger partial charge in [0.1, 0.15) is 0 Å².